The zero-order chi connectivity index (χ0) is 15.7. The van der Waals surface area contributed by atoms with Crippen LogP contribution in [-0.4, -0.2) is 39.8 Å². The summed E-state index contributed by atoms with van der Waals surface area (Å²) in [6.07, 6.45) is 6.17. The highest BCUT2D eigenvalue weighted by Gasteiger charge is 2.33. The second kappa shape index (κ2) is 6.41. The largest absolute Gasteiger partial charge is 0.378 e. The Balaban J connectivity index is 1.68. The molecule has 22 heavy (non-hydrogen) atoms. The number of aromatic nitrogens is 2. The number of aryl methyl sites for hydroxylation is 2. The first kappa shape index (κ1) is 15.5. The van der Waals surface area contributed by atoms with Gasteiger partial charge in [-0.1, -0.05) is 0 Å². The lowest BCUT2D eigenvalue weighted by molar-refractivity contribution is -0.132. The van der Waals surface area contributed by atoms with Crippen molar-refractivity contribution in [1.29, 1.82) is 0 Å². The number of ether oxygens (including phenoxy) is 1. The second-order valence-electron chi connectivity index (χ2n) is 6.63. The van der Waals surface area contributed by atoms with Crippen LogP contribution in [0.3, 0.4) is 0 Å². The summed E-state index contributed by atoms with van der Waals surface area (Å²) >= 11 is 0. The Morgan fingerprint density at radius 1 is 1.32 bits per heavy atom. The molecule has 2 aliphatic rings. The maximum Gasteiger partial charge on any atom is 0.223 e. The van der Waals surface area contributed by atoms with E-state index in [2.05, 4.69) is 23.8 Å². The molecule has 1 aromatic rings. The second-order valence-corrected chi connectivity index (χ2v) is 6.63. The molecular weight excluding hydrogens is 278 g/mol. The van der Waals surface area contributed by atoms with Crippen molar-refractivity contribution >= 4 is 5.91 Å². The molecule has 0 N–H and O–H groups in total. The number of carbonyl (C=O) groups excluding carboxylic acids is 1. The Labute approximate surface area is 132 Å². The van der Waals surface area contributed by atoms with Crippen LogP contribution in [0.25, 0.3) is 0 Å². The van der Waals surface area contributed by atoms with Crippen molar-refractivity contribution < 1.29 is 9.53 Å². The number of nitrogens with zero attached hydrogens (tertiary/aromatic N) is 3. The monoisotopic (exact) mass is 305 g/mol. The topological polar surface area (TPSA) is 47.4 Å². The van der Waals surface area contributed by atoms with Gasteiger partial charge < -0.3 is 9.64 Å². The summed E-state index contributed by atoms with van der Waals surface area (Å²) in [5.74, 6) is 0.278. The highest BCUT2D eigenvalue weighted by atomic mass is 16.5. The van der Waals surface area contributed by atoms with E-state index in [1.165, 1.54) is 11.3 Å². The first-order chi connectivity index (χ1) is 10.6. The van der Waals surface area contributed by atoms with Gasteiger partial charge >= 0.3 is 0 Å². The van der Waals surface area contributed by atoms with Crippen LogP contribution < -0.4 is 0 Å². The van der Waals surface area contributed by atoms with Gasteiger partial charge in [-0.15, -0.1) is 0 Å². The number of carbonyl (C=O) groups is 1. The fourth-order valence-corrected chi connectivity index (χ4v) is 3.94. The summed E-state index contributed by atoms with van der Waals surface area (Å²) in [6.45, 7) is 5.89. The standard InChI is InChI=1S/C17H27N3O2/c1-12-17(13(2)19(3)18-12)15-7-4-10-20(15)16(21)9-8-14-6-5-11-22-14/h14-15H,4-11H2,1-3H3/t14-,15-/m0/s1. The average Bonchev–Trinajstić information content (AvgIpc) is 3.19. The van der Waals surface area contributed by atoms with E-state index in [-0.39, 0.29) is 11.9 Å². The van der Waals surface area contributed by atoms with E-state index in [1.807, 2.05) is 11.7 Å². The Hall–Kier alpha value is -1.36. The van der Waals surface area contributed by atoms with Gasteiger partial charge in [-0.3, -0.25) is 9.48 Å². The molecule has 0 aromatic carbocycles. The Morgan fingerprint density at radius 2 is 2.14 bits per heavy atom. The van der Waals surface area contributed by atoms with Crippen molar-refractivity contribution in [2.24, 2.45) is 7.05 Å². The maximum atomic E-state index is 12.7. The SMILES string of the molecule is Cc1nn(C)c(C)c1[C@@H]1CCCN1C(=O)CC[C@@H]1CCCO1. The summed E-state index contributed by atoms with van der Waals surface area (Å²) in [7, 11) is 1.98. The van der Waals surface area contributed by atoms with E-state index in [1.54, 1.807) is 0 Å². The molecule has 122 valence electrons. The van der Waals surface area contributed by atoms with Crippen LogP contribution >= 0.6 is 0 Å². The smallest absolute Gasteiger partial charge is 0.223 e. The van der Waals surface area contributed by atoms with Crippen molar-refractivity contribution in [3.63, 3.8) is 0 Å². The highest BCUT2D eigenvalue weighted by Crippen LogP contribution is 2.36. The van der Waals surface area contributed by atoms with Crippen LogP contribution in [0, 0.1) is 13.8 Å². The molecule has 1 aromatic heterocycles. The van der Waals surface area contributed by atoms with Crippen LogP contribution in [0.5, 0.6) is 0 Å². The van der Waals surface area contributed by atoms with Crippen LogP contribution in [0.1, 0.15) is 61.5 Å². The third-order valence-electron chi connectivity index (χ3n) is 5.18. The fraction of sp³-hybridized carbons (Fsp3) is 0.765. The average molecular weight is 305 g/mol. The number of hydrogen-bond donors (Lipinski definition) is 0. The maximum absolute atomic E-state index is 12.7. The predicted octanol–water partition coefficient (Wildman–Crippen LogP) is 2.66. The van der Waals surface area contributed by atoms with Gasteiger partial charge in [0, 0.05) is 37.9 Å². The van der Waals surface area contributed by atoms with Crippen molar-refractivity contribution in [1.82, 2.24) is 14.7 Å². The van der Waals surface area contributed by atoms with Crippen molar-refractivity contribution in [3.05, 3.63) is 17.0 Å². The molecule has 3 rings (SSSR count). The van der Waals surface area contributed by atoms with Gasteiger partial charge in [0.15, 0.2) is 0 Å². The highest BCUT2D eigenvalue weighted by molar-refractivity contribution is 5.77. The third-order valence-corrected chi connectivity index (χ3v) is 5.18. The summed E-state index contributed by atoms with van der Waals surface area (Å²) < 4.78 is 7.56. The molecule has 5 nitrogen and oxygen atoms in total. The summed E-state index contributed by atoms with van der Waals surface area (Å²) in [4.78, 5) is 14.7. The zero-order valence-electron chi connectivity index (χ0n) is 14.0. The fourth-order valence-electron chi connectivity index (χ4n) is 3.94. The van der Waals surface area contributed by atoms with E-state index in [4.69, 9.17) is 4.74 Å². The lowest BCUT2D eigenvalue weighted by atomic mass is 10.0. The molecule has 0 radical (unpaired) electrons. The summed E-state index contributed by atoms with van der Waals surface area (Å²) in [5.41, 5.74) is 3.50. The number of hydrogen-bond acceptors (Lipinski definition) is 3. The van der Waals surface area contributed by atoms with E-state index in [0.29, 0.717) is 12.5 Å². The lowest BCUT2D eigenvalue weighted by Gasteiger charge is -2.26. The third kappa shape index (κ3) is 2.91. The Kier molecular flexibility index (Phi) is 4.52. The van der Waals surface area contributed by atoms with Gasteiger partial charge in [-0.05, 0) is 46.0 Å². The van der Waals surface area contributed by atoms with Crippen molar-refractivity contribution in [2.45, 2.75) is 64.5 Å². The van der Waals surface area contributed by atoms with Crippen LogP contribution in [0.15, 0.2) is 0 Å². The van der Waals surface area contributed by atoms with Crippen molar-refractivity contribution in [2.75, 3.05) is 13.2 Å². The number of likely N-dealkylation sites (tertiary alicyclic amines) is 1. The van der Waals surface area contributed by atoms with Gasteiger partial charge in [0.05, 0.1) is 17.8 Å². The molecule has 0 spiro atoms. The number of amides is 1. The van der Waals surface area contributed by atoms with E-state index in [0.717, 1.165) is 50.9 Å². The zero-order valence-corrected chi connectivity index (χ0v) is 14.0. The van der Waals surface area contributed by atoms with Crippen LogP contribution in [0.2, 0.25) is 0 Å². The lowest BCUT2D eigenvalue weighted by Crippen LogP contribution is -2.31. The van der Waals surface area contributed by atoms with Gasteiger partial charge in [-0.25, -0.2) is 0 Å². The van der Waals surface area contributed by atoms with Gasteiger partial charge in [0.25, 0.3) is 0 Å². The molecular formula is C17H27N3O2. The van der Waals surface area contributed by atoms with Crippen LogP contribution in [-0.2, 0) is 16.6 Å². The normalized spacial score (nSPS) is 25.1. The first-order valence-corrected chi connectivity index (χ1v) is 8.49. The molecule has 0 unspecified atom stereocenters. The molecule has 0 saturated carbocycles. The van der Waals surface area contributed by atoms with Gasteiger partial charge in [-0.2, -0.15) is 5.10 Å². The van der Waals surface area contributed by atoms with Crippen molar-refractivity contribution in [3.8, 4) is 0 Å². The molecule has 1 amide bonds. The summed E-state index contributed by atoms with van der Waals surface area (Å²) in [5, 5.41) is 4.52. The van der Waals surface area contributed by atoms with E-state index >= 15 is 0 Å². The molecule has 2 fully saturated rings. The Morgan fingerprint density at radius 3 is 2.77 bits per heavy atom. The molecule has 0 bridgehead atoms. The van der Waals surface area contributed by atoms with E-state index in [9.17, 15) is 4.79 Å². The molecule has 2 atom stereocenters. The minimum absolute atomic E-state index is 0.214. The van der Waals surface area contributed by atoms with Gasteiger partial charge in [0.1, 0.15) is 0 Å². The molecule has 5 heteroatoms. The quantitative estimate of drug-likeness (QED) is 0.859. The van der Waals surface area contributed by atoms with E-state index < -0.39 is 0 Å². The minimum Gasteiger partial charge on any atom is -0.378 e. The molecule has 2 saturated heterocycles. The molecule has 3 heterocycles. The Bertz CT molecular complexity index is 546. The van der Waals surface area contributed by atoms with Gasteiger partial charge in [0.2, 0.25) is 5.91 Å². The first-order valence-electron chi connectivity index (χ1n) is 8.49. The molecule has 0 aliphatic carbocycles. The predicted molar refractivity (Wildman–Crippen MR) is 84.6 cm³/mol. The number of rotatable bonds is 4. The van der Waals surface area contributed by atoms with Crippen LogP contribution in [0.4, 0.5) is 0 Å². The minimum atomic E-state index is 0.214. The summed E-state index contributed by atoms with van der Waals surface area (Å²) in [6, 6.07) is 0.214. The molecule has 2 aliphatic heterocycles.